The Hall–Kier alpha value is -1.67. The van der Waals surface area contributed by atoms with Gasteiger partial charge in [-0.2, -0.15) is 13.2 Å². The molecule has 1 amide bonds. The zero-order valence-corrected chi connectivity index (χ0v) is 14.1. The SMILES string of the molecule is CN(CC[C@@]1(C=O)CCC2C=C(C(=O)NO)C=CC2C1)CC(F)(F)F. The third-order valence-corrected chi connectivity index (χ3v) is 5.14. The third kappa shape index (κ3) is 5.15. The van der Waals surface area contributed by atoms with E-state index in [2.05, 4.69) is 0 Å². The Kier molecular flexibility index (Phi) is 6.05. The summed E-state index contributed by atoms with van der Waals surface area (Å²) in [7, 11) is 1.40. The van der Waals surface area contributed by atoms with Crippen LogP contribution in [0.1, 0.15) is 25.7 Å². The molecule has 2 unspecified atom stereocenters. The quantitative estimate of drug-likeness (QED) is 0.434. The molecule has 2 aliphatic rings. The van der Waals surface area contributed by atoms with Gasteiger partial charge >= 0.3 is 6.18 Å². The molecule has 140 valence electrons. The zero-order valence-electron chi connectivity index (χ0n) is 14.1. The summed E-state index contributed by atoms with van der Waals surface area (Å²) in [4.78, 5) is 24.4. The van der Waals surface area contributed by atoms with Gasteiger partial charge in [-0.05, 0) is 51.1 Å². The number of nitrogens with zero attached hydrogens (tertiary/aromatic N) is 1. The fourth-order valence-corrected chi connectivity index (χ4v) is 3.73. The monoisotopic (exact) mass is 360 g/mol. The predicted octanol–water partition coefficient (Wildman–Crippen LogP) is 2.47. The van der Waals surface area contributed by atoms with Crippen molar-refractivity contribution >= 4 is 12.2 Å². The molecule has 1 saturated carbocycles. The smallest absolute Gasteiger partial charge is 0.303 e. The van der Waals surface area contributed by atoms with Gasteiger partial charge in [0.25, 0.3) is 5.91 Å². The molecule has 0 spiro atoms. The van der Waals surface area contributed by atoms with Crippen molar-refractivity contribution in [2.24, 2.45) is 17.3 Å². The summed E-state index contributed by atoms with van der Waals surface area (Å²) in [5, 5.41) is 8.70. The first-order chi connectivity index (χ1) is 11.7. The van der Waals surface area contributed by atoms with Crippen LogP contribution in [0.15, 0.2) is 23.8 Å². The second kappa shape index (κ2) is 7.70. The van der Waals surface area contributed by atoms with E-state index in [1.54, 1.807) is 17.6 Å². The molecular weight excluding hydrogens is 337 g/mol. The van der Waals surface area contributed by atoms with Gasteiger partial charge in [0.05, 0.1) is 6.54 Å². The molecule has 0 radical (unpaired) electrons. The number of rotatable bonds is 6. The summed E-state index contributed by atoms with van der Waals surface area (Å²) in [6, 6.07) is 0. The number of halogens is 3. The average Bonchev–Trinajstić information content (AvgIpc) is 2.57. The van der Waals surface area contributed by atoms with Crippen molar-refractivity contribution in [3.05, 3.63) is 23.8 Å². The Labute approximate surface area is 144 Å². The molecule has 8 heteroatoms. The van der Waals surface area contributed by atoms with E-state index in [0.29, 0.717) is 31.3 Å². The van der Waals surface area contributed by atoms with E-state index in [1.165, 1.54) is 11.9 Å². The van der Waals surface area contributed by atoms with Gasteiger partial charge in [0, 0.05) is 11.0 Å². The molecule has 0 saturated heterocycles. The summed E-state index contributed by atoms with van der Waals surface area (Å²) >= 11 is 0. The lowest BCUT2D eigenvalue weighted by Gasteiger charge is -2.41. The van der Waals surface area contributed by atoms with Crippen LogP contribution in [0.2, 0.25) is 0 Å². The van der Waals surface area contributed by atoms with Crippen LogP contribution in [-0.2, 0) is 9.59 Å². The zero-order chi connectivity index (χ0) is 18.7. The highest BCUT2D eigenvalue weighted by Gasteiger charge is 2.41. The van der Waals surface area contributed by atoms with Gasteiger partial charge in [-0.25, -0.2) is 5.48 Å². The number of hydrogen-bond donors (Lipinski definition) is 2. The van der Waals surface area contributed by atoms with E-state index in [1.807, 2.05) is 6.08 Å². The van der Waals surface area contributed by atoms with Gasteiger partial charge in [0.15, 0.2) is 0 Å². The lowest BCUT2D eigenvalue weighted by atomic mass is 9.63. The van der Waals surface area contributed by atoms with Crippen molar-refractivity contribution in [2.75, 3.05) is 20.1 Å². The molecule has 0 aromatic heterocycles. The van der Waals surface area contributed by atoms with Crippen LogP contribution in [-0.4, -0.2) is 48.6 Å². The lowest BCUT2D eigenvalue weighted by molar-refractivity contribution is -0.144. The number of fused-ring (bicyclic) bond motifs is 1. The topological polar surface area (TPSA) is 69.6 Å². The molecule has 2 rings (SSSR count). The van der Waals surface area contributed by atoms with E-state index in [4.69, 9.17) is 5.21 Å². The predicted molar refractivity (Wildman–Crippen MR) is 84.6 cm³/mol. The normalized spacial score (nSPS) is 29.1. The van der Waals surface area contributed by atoms with Gasteiger partial charge in [0.1, 0.15) is 6.29 Å². The van der Waals surface area contributed by atoms with E-state index in [-0.39, 0.29) is 18.4 Å². The highest BCUT2D eigenvalue weighted by molar-refractivity contribution is 5.95. The molecule has 0 aromatic carbocycles. The van der Waals surface area contributed by atoms with Crippen molar-refractivity contribution in [1.82, 2.24) is 10.4 Å². The van der Waals surface area contributed by atoms with Gasteiger partial charge in [-0.1, -0.05) is 18.2 Å². The number of allylic oxidation sites excluding steroid dienone is 2. The lowest BCUT2D eigenvalue weighted by Crippen LogP contribution is -2.39. The minimum Gasteiger partial charge on any atom is -0.303 e. The van der Waals surface area contributed by atoms with Crippen LogP contribution in [0.3, 0.4) is 0 Å². The molecule has 1 fully saturated rings. The molecule has 2 N–H and O–H groups in total. The molecule has 5 nitrogen and oxygen atoms in total. The Morgan fingerprint density at radius 3 is 2.80 bits per heavy atom. The number of hydroxylamine groups is 1. The molecule has 0 bridgehead atoms. The molecule has 0 heterocycles. The standard InChI is InChI=1S/C17H23F3N2O3/c1-22(10-17(18,19)20)7-6-16(11-23)5-4-12-8-13(15(24)21-25)2-3-14(12)9-16/h2-3,8,11-12,14,25H,4-7,9-10H2,1H3,(H,21,24)/t12?,14?,16-/m0/s1. The van der Waals surface area contributed by atoms with E-state index in [9.17, 15) is 22.8 Å². The van der Waals surface area contributed by atoms with Crippen LogP contribution in [0.5, 0.6) is 0 Å². The molecule has 0 aliphatic heterocycles. The summed E-state index contributed by atoms with van der Waals surface area (Å²) < 4.78 is 37.3. The number of hydrogen-bond acceptors (Lipinski definition) is 4. The van der Waals surface area contributed by atoms with E-state index in [0.717, 1.165) is 6.29 Å². The summed E-state index contributed by atoms with van der Waals surface area (Å²) in [6.07, 6.45) is 4.10. The first-order valence-electron chi connectivity index (χ1n) is 8.24. The number of carbonyl (C=O) groups is 2. The van der Waals surface area contributed by atoms with E-state index >= 15 is 0 Å². The van der Waals surface area contributed by atoms with Gasteiger partial charge in [-0.15, -0.1) is 0 Å². The minimum atomic E-state index is -4.25. The first-order valence-corrected chi connectivity index (χ1v) is 8.24. The van der Waals surface area contributed by atoms with Crippen molar-refractivity contribution in [3.63, 3.8) is 0 Å². The number of amides is 1. The average molecular weight is 360 g/mol. The Balaban J connectivity index is 1.97. The number of nitrogens with one attached hydrogen (secondary N) is 1. The fourth-order valence-electron chi connectivity index (χ4n) is 3.73. The molecule has 3 atom stereocenters. The van der Waals surface area contributed by atoms with Gasteiger partial charge in [-0.3, -0.25) is 14.9 Å². The first kappa shape index (κ1) is 19.7. The van der Waals surface area contributed by atoms with Crippen LogP contribution >= 0.6 is 0 Å². The molecular formula is C17H23F3N2O3. The third-order valence-electron chi connectivity index (χ3n) is 5.14. The largest absolute Gasteiger partial charge is 0.401 e. The summed E-state index contributed by atoms with van der Waals surface area (Å²) in [6.45, 7) is -0.788. The van der Waals surface area contributed by atoms with E-state index < -0.39 is 24.0 Å². The Morgan fingerprint density at radius 1 is 1.48 bits per heavy atom. The highest BCUT2D eigenvalue weighted by atomic mass is 19.4. The van der Waals surface area contributed by atoms with Crippen molar-refractivity contribution < 1.29 is 28.0 Å². The maximum atomic E-state index is 12.4. The number of alkyl halides is 3. The van der Waals surface area contributed by atoms with Crippen molar-refractivity contribution in [1.29, 1.82) is 0 Å². The Bertz CT molecular complexity index is 574. The van der Waals surface area contributed by atoms with Gasteiger partial charge in [0.2, 0.25) is 0 Å². The summed E-state index contributed by atoms with van der Waals surface area (Å²) in [5.41, 5.74) is 1.35. The number of aldehydes is 1. The maximum Gasteiger partial charge on any atom is 0.401 e. The van der Waals surface area contributed by atoms with Crippen LogP contribution in [0.4, 0.5) is 13.2 Å². The van der Waals surface area contributed by atoms with Crippen molar-refractivity contribution in [3.8, 4) is 0 Å². The minimum absolute atomic E-state index is 0.0714. The van der Waals surface area contributed by atoms with Crippen LogP contribution < -0.4 is 5.48 Å². The molecule has 2 aliphatic carbocycles. The van der Waals surface area contributed by atoms with Crippen LogP contribution in [0, 0.1) is 17.3 Å². The van der Waals surface area contributed by atoms with Crippen molar-refractivity contribution in [2.45, 2.75) is 31.9 Å². The number of carbonyl (C=O) groups excluding carboxylic acids is 2. The second-order valence-corrected chi connectivity index (χ2v) is 7.08. The highest BCUT2D eigenvalue weighted by Crippen LogP contribution is 2.46. The second-order valence-electron chi connectivity index (χ2n) is 7.08. The molecule has 25 heavy (non-hydrogen) atoms. The maximum absolute atomic E-state index is 12.4. The fraction of sp³-hybridized carbons (Fsp3) is 0.647. The van der Waals surface area contributed by atoms with Gasteiger partial charge < -0.3 is 4.79 Å². The van der Waals surface area contributed by atoms with Crippen LogP contribution in [0.25, 0.3) is 0 Å². The molecule has 0 aromatic rings. The summed E-state index contributed by atoms with van der Waals surface area (Å²) in [5.74, 6) is -0.406. The Morgan fingerprint density at radius 2 is 2.20 bits per heavy atom.